The fourth-order valence-electron chi connectivity index (χ4n) is 1.95. The number of hydrogen-bond donors (Lipinski definition) is 0. The molecule has 0 aromatic heterocycles. The van der Waals surface area contributed by atoms with Crippen molar-refractivity contribution in [1.29, 1.82) is 0 Å². The van der Waals surface area contributed by atoms with Crippen LogP contribution in [-0.2, 0) is 14.3 Å². The van der Waals surface area contributed by atoms with E-state index in [1.807, 2.05) is 27.7 Å². The Balaban J connectivity index is 3.19. The van der Waals surface area contributed by atoms with Crippen LogP contribution in [0.5, 0.6) is 0 Å². The molecule has 0 saturated heterocycles. The van der Waals surface area contributed by atoms with Gasteiger partial charge in [-0.3, -0.25) is 4.79 Å². The number of ether oxygens (including phenoxy) is 1. The summed E-state index contributed by atoms with van der Waals surface area (Å²) >= 11 is 0. The summed E-state index contributed by atoms with van der Waals surface area (Å²) < 4.78 is 4.66. The molecular weight excluding hydrogens is 192 g/mol. The quantitative estimate of drug-likeness (QED) is 0.518. The molecule has 0 spiro atoms. The van der Waals surface area contributed by atoms with Gasteiger partial charge in [0, 0.05) is 5.41 Å². The topological polar surface area (TPSA) is 43.4 Å². The Morgan fingerprint density at radius 1 is 1.40 bits per heavy atom. The minimum absolute atomic E-state index is 0.0851. The van der Waals surface area contributed by atoms with Gasteiger partial charge in [-0.1, -0.05) is 27.7 Å². The van der Waals surface area contributed by atoms with Crippen molar-refractivity contribution >= 4 is 11.8 Å². The standard InChI is InChI=1S/C12H18O3/c1-7(2)8-6-12(3,4)10(13)9(8)11(14)15-5/h7H,6H2,1-5H3. The van der Waals surface area contributed by atoms with Crippen molar-refractivity contribution in [3.05, 3.63) is 11.1 Å². The molecule has 0 fully saturated rings. The lowest BCUT2D eigenvalue weighted by Gasteiger charge is -2.16. The highest BCUT2D eigenvalue weighted by Crippen LogP contribution is 2.41. The molecule has 0 aromatic rings. The van der Waals surface area contributed by atoms with Crippen LogP contribution in [0, 0.1) is 11.3 Å². The number of methoxy groups -OCH3 is 1. The molecule has 15 heavy (non-hydrogen) atoms. The van der Waals surface area contributed by atoms with Gasteiger partial charge in [0.05, 0.1) is 7.11 Å². The molecule has 0 bridgehead atoms. The number of Topliss-reactive ketones (excluding diaryl/α,β-unsaturated/α-hetero) is 1. The molecule has 0 atom stereocenters. The van der Waals surface area contributed by atoms with Gasteiger partial charge in [-0.25, -0.2) is 4.79 Å². The maximum Gasteiger partial charge on any atom is 0.341 e. The molecule has 3 nitrogen and oxygen atoms in total. The smallest absolute Gasteiger partial charge is 0.341 e. The zero-order valence-electron chi connectivity index (χ0n) is 10.0. The summed E-state index contributed by atoms with van der Waals surface area (Å²) in [7, 11) is 1.31. The van der Waals surface area contributed by atoms with Crippen molar-refractivity contribution in [2.75, 3.05) is 7.11 Å². The zero-order valence-corrected chi connectivity index (χ0v) is 10.0. The van der Waals surface area contributed by atoms with E-state index in [4.69, 9.17) is 0 Å². The van der Waals surface area contributed by atoms with Crippen molar-refractivity contribution in [3.8, 4) is 0 Å². The van der Waals surface area contributed by atoms with E-state index in [0.717, 1.165) is 5.57 Å². The van der Waals surface area contributed by atoms with Gasteiger partial charge in [0.1, 0.15) is 5.57 Å². The SMILES string of the molecule is COC(=O)C1=C(C(C)C)CC(C)(C)C1=O. The monoisotopic (exact) mass is 210 g/mol. The van der Waals surface area contributed by atoms with E-state index in [-0.39, 0.29) is 17.3 Å². The van der Waals surface area contributed by atoms with Crippen LogP contribution in [0.25, 0.3) is 0 Å². The number of allylic oxidation sites excluding steroid dienone is 1. The zero-order chi connectivity index (χ0) is 11.8. The van der Waals surface area contributed by atoms with Crippen molar-refractivity contribution in [1.82, 2.24) is 0 Å². The van der Waals surface area contributed by atoms with Gasteiger partial charge >= 0.3 is 5.97 Å². The summed E-state index contributed by atoms with van der Waals surface area (Å²) in [6.45, 7) is 7.72. The highest BCUT2D eigenvalue weighted by molar-refractivity contribution is 6.21. The second-order valence-corrected chi connectivity index (χ2v) is 4.94. The van der Waals surface area contributed by atoms with Gasteiger partial charge in [-0.15, -0.1) is 0 Å². The Hall–Kier alpha value is -1.12. The third kappa shape index (κ3) is 1.96. The molecule has 0 N–H and O–H groups in total. The van der Waals surface area contributed by atoms with Crippen LogP contribution in [0.2, 0.25) is 0 Å². The maximum absolute atomic E-state index is 12.0. The van der Waals surface area contributed by atoms with Crippen LogP contribution in [0.1, 0.15) is 34.1 Å². The summed E-state index contributed by atoms with van der Waals surface area (Å²) in [5, 5.41) is 0. The van der Waals surface area contributed by atoms with Crippen LogP contribution in [0.4, 0.5) is 0 Å². The first-order valence-electron chi connectivity index (χ1n) is 5.17. The number of esters is 1. The number of hydrogen-bond acceptors (Lipinski definition) is 3. The van der Waals surface area contributed by atoms with E-state index < -0.39 is 11.4 Å². The van der Waals surface area contributed by atoms with Crippen molar-refractivity contribution < 1.29 is 14.3 Å². The maximum atomic E-state index is 12.0. The summed E-state index contributed by atoms with van der Waals surface area (Å²) in [4.78, 5) is 23.5. The van der Waals surface area contributed by atoms with E-state index in [0.29, 0.717) is 6.42 Å². The molecule has 0 aromatic carbocycles. The Labute approximate surface area is 90.5 Å². The molecule has 0 amide bonds. The van der Waals surface area contributed by atoms with Crippen LogP contribution in [0.3, 0.4) is 0 Å². The lowest BCUT2D eigenvalue weighted by Crippen LogP contribution is -2.23. The molecule has 0 radical (unpaired) electrons. The average Bonchev–Trinajstić information content (AvgIpc) is 2.38. The van der Waals surface area contributed by atoms with Crippen molar-refractivity contribution in [2.45, 2.75) is 34.1 Å². The lowest BCUT2D eigenvalue weighted by atomic mass is 9.86. The fourth-order valence-corrected chi connectivity index (χ4v) is 1.95. The Kier molecular flexibility index (Phi) is 3.03. The molecular formula is C12H18O3. The van der Waals surface area contributed by atoms with E-state index >= 15 is 0 Å². The molecule has 84 valence electrons. The largest absolute Gasteiger partial charge is 0.465 e. The van der Waals surface area contributed by atoms with E-state index in [9.17, 15) is 9.59 Å². The molecule has 0 saturated carbocycles. The first-order valence-corrected chi connectivity index (χ1v) is 5.17. The molecule has 0 unspecified atom stereocenters. The molecule has 1 aliphatic rings. The highest BCUT2D eigenvalue weighted by Gasteiger charge is 2.43. The van der Waals surface area contributed by atoms with Crippen LogP contribution < -0.4 is 0 Å². The number of carbonyl (C=O) groups is 2. The molecule has 1 rings (SSSR count). The molecule has 0 heterocycles. The molecule has 3 heteroatoms. The lowest BCUT2D eigenvalue weighted by molar-refractivity contribution is -0.138. The van der Waals surface area contributed by atoms with Gasteiger partial charge < -0.3 is 4.74 Å². The summed E-state index contributed by atoms with van der Waals surface area (Å²) in [6.07, 6.45) is 0.661. The first-order chi connectivity index (χ1) is 6.81. The van der Waals surface area contributed by atoms with Gasteiger partial charge in [-0.05, 0) is 17.9 Å². The van der Waals surface area contributed by atoms with E-state index in [1.165, 1.54) is 7.11 Å². The first kappa shape index (κ1) is 12.0. The predicted octanol–water partition coefficient (Wildman–Crippen LogP) is 2.11. The van der Waals surface area contributed by atoms with E-state index in [2.05, 4.69) is 4.74 Å². The van der Waals surface area contributed by atoms with Crippen LogP contribution in [-0.4, -0.2) is 18.9 Å². The highest BCUT2D eigenvalue weighted by atomic mass is 16.5. The third-order valence-corrected chi connectivity index (χ3v) is 2.88. The Morgan fingerprint density at radius 2 is 1.93 bits per heavy atom. The minimum atomic E-state index is -0.491. The average molecular weight is 210 g/mol. The normalized spacial score (nSPS) is 20.0. The Morgan fingerprint density at radius 3 is 2.33 bits per heavy atom. The van der Waals surface area contributed by atoms with Gasteiger partial charge in [-0.2, -0.15) is 0 Å². The summed E-state index contributed by atoms with van der Waals surface area (Å²) in [5.74, 6) is -0.364. The second kappa shape index (κ2) is 3.80. The van der Waals surface area contributed by atoms with Crippen molar-refractivity contribution in [2.24, 2.45) is 11.3 Å². The number of ketones is 1. The predicted molar refractivity (Wildman–Crippen MR) is 57.3 cm³/mol. The van der Waals surface area contributed by atoms with Gasteiger partial charge in [0.2, 0.25) is 0 Å². The van der Waals surface area contributed by atoms with Crippen LogP contribution in [0.15, 0.2) is 11.1 Å². The van der Waals surface area contributed by atoms with E-state index in [1.54, 1.807) is 0 Å². The van der Waals surface area contributed by atoms with Gasteiger partial charge in [0.25, 0.3) is 0 Å². The second-order valence-electron chi connectivity index (χ2n) is 4.94. The van der Waals surface area contributed by atoms with Gasteiger partial charge in [0.15, 0.2) is 5.78 Å². The third-order valence-electron chi connectivity index (χ3n) is 2.88. The summed E-state index contributed by atoms with van der Waals surface area (Å²) in [6, 6.07) is 0. The number of carbonyl (C=O) groups excluding carboxylic acids is 2. The minimum Gasteiger partial charge on any atom is -0.465 e. The molecule has 1 aliphatic carbocycles. The fraction of sp³-hybridized carbons (Fsp3) is 0.667. The summed E-state index contributed by atoms with van der Waals surface area (Å²) in [5.41, 5.74) is 0.748. The number of rotatable bonds is 2. The Bertz CT molecular complexity index is 335. The molecule has 0 aliphatic heterocycles. The van der Waals surface area contributed by atoms with Crippen molar-refractivity contribution in [3.63, 3.8) is 0 Å². The van der Waals surface area contributed by atoms with Crippen LogP contribution >= 0.6 is 0 Å².